The van der Waals surface area contributed by atoms with Gasteiger partial charge in [-0.2, -0.15) is 5.26 Å². The van der Waals surface area contributed by atoms with Crippen LogP contribution in [0.15, 0.2) is 40.8 Å². The van der Waals surface area contributed by atoms with Crippen LogP contribution in [-0.4, -0.2) is 53.0 Å². The molecule has 0 aliphatic heterocycles. The van der Waals surface area contributed by atoms with Crippen LogP contribution in [0, 0.1) is 35.0 Å². The number of sulfonamides is 1. The van der Waals surface area contributed by atoms with E-state index in [0.29, 0.717) is 31.0 Å². The number of nitrogens with zero attached hydrogens (tertiary/aromatic N) is 2. The van der Waals surface area contributed by atoms with Gasteiger partial charge in [-0.05, 0) is 75.4 Å². The third-order valence-electron chi connectivity index (χ3n) is 6.20. The van der Waals surface area contributed by atoms with Crippen molar-refractivity contribution >= 4 is 15.9 Å². The second-order valence-electron chi connectivity index (χ2n) is 9.26. The van der Waals surface area contributed by atoms with Crippen LogP contribution in [-0.2, 0) is 14.8 Å². The van der Waals surface area contributed by atoms with Gasteiger partial charge in [0.25, 0.3) is 0 Å². The Morgan fingerprint density at radius 3 is 2.47 bits per heavy atom. The van der Waals surface area contributed by atoms with Crippen molar-refractivity contribution in [3.05, 3.63) is 41.5 Å². The van der Waals surface area contributed by atoms with Gasteiger partial charge in [0.1, 0.15) is 0 Å². The summed E-state index contributed by atoms with van der Waals surface area (Å²) in [6.07, 6.45) is 3.47. The number of carbonyl (C=O) groups excluding carboxylic acids is 1. The van der Waals surface area contributed by atoms with Crippen molar-refractivity contribution in [2.75, 3.05) is 33.7 Å². The summed E-state index contributed by atoms with van der Waals surface area (Å²) in [4.78, 5) is 14.6. The molecule has 0 saturated carbocycles. The van der Waals surface area contributed by atoms with Crippen molar-refractivity contribution in [2.45, 2.75) is 38.5 Å². The summed E-state index contributed by atoms with van der Waals surface area (Å²) < 4.78 is 28.2. The Morgan fingerprint density at radius 1 is 1.25 bits per heavy atom. The van der Waals surface area contributed by atoms with Gasteiger partial charge in [-0.15, -0.1) is 0 Å². The van der Waals surface area contributed by atoms with Crippen LogP contribution in [0.25, 0.3) is 0 Å². The van der Waals surface area contributed by atoms with E-state index in [0.717, 1.165) is 18.5 Å². The zero-order chi connectivity index (χ0) is 23.9. The van der Waals surface area contributed by atoms with Gasteiger partial charge < -0.3 is 10.2 Å². The predicted octanol–water partition coefficient (Wildman–Crippen LogP) is 2.76. The average molecular weight is 461 g/mol. The number of carbonyl (C=O) groups is 1. The zero-order valence-corrected chi connectivity index (χ0v) is 20.6. The third-order valence-corrected chi connectivity index (χ3v) is 7.64. The van der Waals surface area contributed by atoms with Gasteiger partial charge >= 0.3 is 0 Å². The third kappa shape index (κ3) is 7.44. The van der Waals surface area contributed by atoms with Crippen LogP contribution < -0.4 is 10.0 Å². The highest BCUT2D eigenvalue weighted by Gasteiger charge is 2.33. The number of nitrogens with one attached hydrogen (secondary N) is 2. The van der Waals surface area contributed by atoms with E-state index >= 15 is 0 Å². The molecule has 1 aromatic carbocycles. The average Bonchev–Trinajstić information content (AvgIpc) is 2.73. The van der Waals surface area contributed by atoms with Gasteiger partial charge in [-0.3, -0.25) is 4.79 Å². The lowest BCUT2D eigenvalue weighted by Crippen LogP contribution is -2.38. The van der Waals surface area contributed by atoms with E-state index in [9.17, 15) is 13.2 Å². The first-order chi connectivity index (χ1) is 15.0. The minimum atomic E-state index is -3.66. The summed E-state index contributed by atoms with van der Waals surface area (Å²) in [6, 6.07) is 7.91. The molecule has 1 aliphatic rings. The minimum absolute atomic E-state index is 0.0621. The maximum atomic E-state index is 12.7. The lowest BCUT2D eigenvalue weighted by Gasteiger charge is -2.37. The Bertz CT molecular complexity index is 946. The molecule has 0 spiro atoms. The van der Waals surface area contributed by atoms with Crippen LogP contribution in [0.5, 0.6) is 0 Å². The molecule has 0 saturated heterocycles. The van der Waals surface area contributed by atoms with Crippen molar-refractivity contribution in [3.8, 4) is 6.07 Å². The monoisotopic (exact) mass is 460 g/mol. The normalized spacial score (nSPS) is 21.3. The summed E-state index contributed by atoms with van der Waals surface area (Å²) in [5.41, 5.74) is 1.57. The Morgan fingerprint density at radius 2 is 1.91 bits per heavy atom. The van der Waals surface area contributed by atoms with Gasteiger partial charge in [0.05, 0.1) is 16.5 Å². The molecule has 0 fully saturated rings. The number of hydrogen-bond donors (Lipinski definition) is 2. The number of rotatable bonds is 10. The van der Waals surface area contributed by atoms with Crippen LogP contribution in [0.2, 0.25) is 0 Å². The summed E-state index contributed by atoms with van der Waals surface area (Å²) >= 11 is 0. The molecule has 0 bridgehead atoms. The molecule has 7 nitrogen and oxygen atoms in total. The molecule has 2 N–H and O–H groups in total. The number of amides is 1. The highest BCUT2D eigenvalue weighted by Crippen LogP contribution is 2.38. The number of hydrogen-bond acceptors (Lipinski definition) is 5. The Kier molecular flexibility index (Phi) is 9.44. The fraction of sp³-hybridized carbons (Fsp3) is 0.583. The Hall–Kier alpha value is -2.21. The van der Waals surface area contributed by atoms with Gasteiger partial charge in [0.15, 0.2) is 0 Å². The van der Waals surface area contributed by atoms with Crippen molar-refractivity contribution in [1.29, 1.82) is 5.26 Å². The highest BCUT2D eigenvalue weighted by molar-refractivity contribution is 7.89. The van der Waals surface area contributed by atoms with E-state index in [4.69, 9.17) is 5.26 Å². The lowest BCUT2D eigenvalue weighted by molar-refractivity contribution is -0.122. The molecule has 1 amide bonds. The number of benzene rings is 1. The smallest absolute Gasteiger partial charge is 0.240 e. The first kappa shape index (κ1) is 26.0. The van der Waals surface area contributed by atoms with Gasteiger partial charge in [0, 0.05) is 26.1 Å². The molecule has 0 radical (unpaired) electrons. The van der Waals surface area contributed by atoms with Crippen molar-refractivity contribution in [3.63, 3.8) is 0 Å². The molecule has 32 heavy (non-hydrogen) atoms. The molecule has 0 heterocycles. The SMILES string of the molecule is CC1=C[C@@H](CNS(=O)(=O)c2ccc(C#N)cc2)[C@H](C(C)C)C[C@H]1CC(=O)NCCN(C)C. The highest BCUT2D eigenvalue weighted by atomic mass is 32.2. The van der Waals surface area contributed by atoms with Crippen LogP contribution in [0.4, 0.5) is 0 Å². The van der Waals surface area contributed by atoms with E-state index < -0.39 is 10.0 Å². The van der Waals surface area contributed by atoms with Gasteiger partial charge in [-0.1, -0.05) is 25.5 Å². The quantitative estimate of drug-likeness (QED) is 0.523. The van der Waals surface area contributed by atoms with Gasteiger partial charge in [-0.25, -0.2) is 13.1 Å². The van der Waals surface area contributed by atoms with Crippen LogP contribution in [0.1, 0.15) is 39.2 Å². The number of likely N-dealkylation sites (N-methyl/N-ethyl adjacent to an activating group) is 1. The molecule has 1 aromatic rings. The van der Waals surface area contributed by atoms with E-state index in [2.05, 4.69) is 30.0 Å². The maximum absolute atomic E-state index is 12.7. The number of allylic oxidation sites excluding steroid dienone is 1. The molecular formula is C24H36N4O3S. The number of nitriles is 1. The minimum Gasteiger partial charge on any atom is -0.355 e. The summed E-state index contributed by atoms with van der Waals surface area (Å²) in [6.45, 7) is 8.08. The van der Waals surface area contributed by atoms with Crippen LogP contribution in [0.3, 0.4) is 0 Å². The topological polar surface area (TPSA) is 102 Å². The van der Waals surface area contributed by atoms with Crippen molar-refractivity contribution < 1.29 is 13.2 Å². The summed E-state index contributed by atoms with van der Waals surface area (Å²) in [5, 5.41) is 11.9. The molecule has 1 aliphatic carbocycles. The fourth-order valence-electron chi connectivity index (χ4n) is 4.22. The molecule has 0 unspecified atom stereocenters. The first-order valence-corrected chi connectivity index (χ1v) is 12.6. The largest absolute Gasteiger partial charge is 0.355 e. The Balaban J connectivity index is 2.04. The summed E-state index contributed by atoms with van der Waals surface area (Å²) in [7, 11) is 0.293. The fourth-order valence-corrected chi connectivity index (χ4v) is 5.29. The molecule has 2 rings (SSSR count). The molecule has 8 heteroatoms. The van der Waals surface area contributed by atoms with Crippen molar-refractivity contribution in [1.82, 2.24) is 14.9 Å². The molecular weight excluding hydrogens is 424 g/mol. The second-order valence-corrected chi connectivity index (χ2v) is 11.0. The maximum Gasteiger partial charge on any atom is 0.240 e. The van der Waals surface area contributed by atoms with E-state index in [1.807, 2.05) is 32.0 Å². The standard InChI is InChI=1S/C24H36N4O3S/c1-17(2)23-13-20(14-24(29)26-10-11-28(4)5)18(3)12-21(23)16-27-32(30,31)22-8-6-19(15-25)7-9-22/h6-9,12,17,20-21,23,27H,10-11,13-14,16H2,1-5H3,(H,26,29)/t20-,21-,23-/m0/s1. The second kappa shape index (κ2) is 11.6. The zero-order valence-electron chi connectivity index (χ0n) is 19.8. The molecule has 176 valence electrons. The lowest BCUT2D eigenvalue weighted by atomic mass is 9.70. The van der Waals surface area contributed by atoms with E-state index in [-0.39, 0.29) is 28.6 Å². The molecule has 3 atom stereocenters. The molecule has 0 aromatic heterocycles. The first-order valence-electron chi connectivity index (χ1n) is 11.1. The summed E-state index contributed by atoms with van der Waals surface area (Å²) in [5.74, 6) is 0.946. The van der Waals surface area contributed by atoms with Gasteiger partial charge in [0.2, 0.25) is 15.9 Å². The predicted molar refractivity (Wildman–Crippen MR) is 126 cm³/mol. The van der Waals surface area contributed by atoms with E-state index in [1.54, 1.807) is 0 Å². The van der Waals surface area contributed by atoms with Crippen molar-refractivity contribution in [2.24, 2.45) is 23.7 Å². The Labute approximate surface area is 192 Å². The van der Waals surface area contributed by atoms with E-state index in [1.165, 1.54) is 24.3 Å². The van der Waals surface area contributed by atoms with Crippen LogP contribution >= 0.6 is 0 Å².